The first kappa shape index (κ1) is 22.5. The molecule has 2 fully saturated rings. The van der Waals surface area contributed by atoms with Crippen molar-refractivity contribution < 1.29 is 23.5 Å². The Bertz CT molecular complexity index is 971. The van der Waals surface area contributed by atoms with Crippen LogP contribution in [0.5, 0.6) is 0 Å². The number of carbonyl (C=O) groups excluding carboxylic acids is 2. The lowest BCUT2D eigenvalue weighted by Gasteiger charge is -2.33. The maximum absolute atomic E-state index is 14.8. The third kappa shape index (κ3) is 4.71. The number of aryl methyl sites for hydroxylation is 1. The number of hydrogen-bond acceptors (Lipinski definition) is 6. The maximum atomic E-state index is 14.8. The Balaban J connectivity index is 1.58. The topological polar surface area (TPSA) is 97.7 Å². The molecule has 1 aliphatic carbocycles. The van der Waals surface area contributed by atoms with Crippen LogP contribution in [0, 0.1) is 5.82 Å². The molecule has 32 heavy (non-hydrogen) atoms. The molecule has 0 radical (unpaired) electrons. The van der Waals surface area contributed by atoms with Crippen LogP contribution in [0.25, 0.3) is 10.9 Å². The van der Waals surface area contributed by atoms with Gasteiger partial charge in [-0.05, 0) is 32.3 Å². The number of para-hydroxylation sites is 1. The highest BCUT2D eigenvalue weighted by molar-refractivity contribution is 5.86. The van der Waals surface area contributed by atoms with Crippen LogP contribution < -0.4 is 10.6 Å². The summed E-state index contributed by atoms with van der Waals surface area (Å²) < 4.78 is 26.7. The van der Waals surface area contributed by atoms with E-state index in [2.05, 4.69) is 15.4 Å². The van der Waals surface area contributed by atoms with Crippen LogP contribution in [0.3, 0.4) is 0 Å². The first-order valence-electron chi connectivity index (χ1n) is 11.1. The number of nitrogens with zero attached hydrogens (tertiary/aromatic N) is 3. The number of alkyl carbamates (subject to hydrolysis) is 1. The molecule has 1 aliphatic heterocycles. The number of carbonyl (C=O) groups is 2. The van der Waals surface area contributed by atoms with Gasteiger partial charge in [0.25, 0.3) is 5.91 Å². The molecule has 174 valence electrons. The molecule has 1 aromatic heterocycles. The quantitative estimate of drug-likeness (QED) is 0.601. The maximum Gasteiger partial charge on any atom is 0.406 e. The summed E-state index contributed by atoms with van der Waals surface area (Å²) in [6.45, 7) is 4.48. The fraction of sp³-hybridized carbons (Fsp3) is 0.591. The van der Waals surface area contributed by atoms with Gasteiger partial charge in [-0.3, -0.25) is 9.48 Å². The average molecular weight is 448 g/mol. The van der Waals surface area contributed by atoms with Gasteiger partial charge in [-0.2, -0.15) is 5.10 Å². The summed E-state index contributed by atoms with van der Waals surface area (Å²) in [5, 5.41) is 11.3. The molecule has 2 atom stereocenters. The van der Waals surface area contributed by atoms with E-state index >= 15 is 0 Å². The Morgan fingerprint density at radius 3 is 2.94 bits per heavy atom. The van der Waals surface area contributed by atoms with Crippen LogP contribution in [0.15, 0.2) is 18.2 Å². The van der Waals surface area contributed by atoms with Crippen LogP contribution >= 0.6 is 0 Å². The summed E-state index contributed by atoms with van der Waals surface area (Å²) in [6.07, 6.45) is 1.43. The molecule has 0 unspecified atom stereocenters. The molecule has 2 aromatic rings. The summed E-state index contributed by atoms with van der Waals surface area (Å²) in [4.78, 5) is 26.4. The Morgan fingerprint density at radius 2 is 2.25 bits per heavy atom. The Labute approximate surface area is 186 Å². The number of amides is 2. The number of aromatic nitrogens is 2. The third-order valence-corrected chi connectivity index (χ3v) is 5.96. The largest absolute Gasteiger partial charge is 0.453 e. The van der Waals surface area contributed by atoms with Gasteiger partial charge in [0.1, 0.15) is 17.4 Å². The smallest absolute Gasteiger partial charge is 0.406 e. The molecule has 2 N–H and O–H groups in total. The van der Waals surface area contributed by atoms with Crippen molar-refractivity contribution in [2.24, 2.45) is 0 Å². The molecule has 2 aliphatic rings. The van der Waals surface area contributed by atoms with Gasteiger partial charge in [-0.15, -0.1) is 0 Å². The van der Waals surface area contributed by atoms with Crippen molar-refractivity contribution in [3.8, 4) is 0 Å². The van der Waals surface area contributed by atoms with Gasteiger partial charge in [0.15, 0.2) is 0 Å². The van der Waals surface area contributed by atoms with E-state index in [1.807, 2.05) is 17.9 Å². The number of benzene rings is 1. The third-order valence-electron chi connectivity index (χ3n) is 5.96. The molecule has 2 amide bonds. The van der Waals surface area contributed by atoms with Crippen molar-refractivity contribution >= 4 is 22.9 Å². The highest BCUT2D eigenvalue weighted by Crippen LogP contribution is 2.37. The second-order valence-corrected chi connectivity index (χ2v) is 8.23. The second kappa shape index (κ2) is 9.83. The van der Waals surface area contributed by atoms with Gasteiger partial charge in [0.05, 0.1) is 25.5 Å². The van der Waals surface area contributed by atoms with E-state index in [4.69, 9.17) is 9.84 Å². The van der Waals surface area contributed by atoms with Crippen molar-refractivity contribution in [3.05, 3.63) is 29.7 Å². The number of hydrogen-bond donors (Lipinski definition) is 2. The van der Waals surface area contributed by atoms with Crippen molar-refractivity contribution in [3.63, 3.8) is 0 Å². The zero-order chi connectivity index (χ0) is 22.7. The zero-order valence-corrected chi connectivity index (χ0v) is 18.5. The molecule has 0 bridgehead atoms. The Kier molecular flexibility index (Phi) is 6.90. The number of halogens is 1. The Morgan fingerprint density at radius 1 is 1.44 bits per heavy atom. The predicted octanol–water partition coefficient (Wildman–Crippen LogP) is 1.96. The van der Waals surface area contributed by atoms with Gasteiger partial charge in [0.2, 0.25) is 0 Å². The van der Waals surface area contributed by atoms with Gasteiger partial charge >= 0.3 is 6.09 Å². The van der Waals surface area contributed by atoms with Crippen LogP contribution in [0.2, 0.25) is 0 Å². The van der Waals surface area contributed by atoms with Crippen molar-refractivity contribution in [1.29, 1.82) is 0 Å². The van der Waals surface area contributed by atoms with Gasteiger partial charge in [0, 0.05) is 37.6 Å². The number of fused-ring (bicyclic) bond motifs is 1. The summed E-state index contributed by atoms with van der Waals surface area (Å²) in [5.74, 6) is -0.410. The van der Waals surface area contributed by atoms with Crippen molar-refractivity contribution in [2.45, 2.75) is 50.9 Å². The van der Waals surface area contributed by atoms with Gasteiger partial charge in [-0.25, -0.2) is 9.18 Å². The minimum atomic E-state index is -0.513. The molecule has 9 nitrogen and oxygen atoms in total. The summed E-state index contributed by atoms with van der Waals surface area (Å²) in [6, 6.07) is 4.75. The zero-order valence-electron chi connectivity index (χ0n) is 18.5. The van der Waals surface area contributed by atoms with Crippen LogP contribution in [0.1, 0.15) is 37.9 Å². The number of nitrogens with one attached hydrogen (secondary N) is 2. The molecular weight excluding hydrogens is 417 g/mol. The van der Waals surface area contributed by atoms with Crippen molar-refractivity contribution in [2.75, 3.05) is 33.4 Å². The van der Waals surface area contributed by atoms with E-state index in [1.165, 1.54) is 13.2 Å². The number of methoxy groups -OCH3 is 1. The fourth-order valence-corrected chi connectivity index (χ4v) is 4.24. The summed E-state index contributed by atoms with van der Waals surface area (Å²) in [7, 11) is 1.31. The Hall–Kier alpha value is -2.72. The van der Waals surface area contributed by atoms with Crippen LogP contribution in [0.4, 0.5) is 9.18 Å². The summed E-state index contributed by atoms with van der Waals surface area (Å²) >= 11 is 0. The minimum absolute atomic E-state index is 0.0476. The first-order chi connectivity index (χ1) is 15.5. The normalized spacial score (nSPS) is 19.5. The van der Waals surface area contributed by atoms with E-state index in [9.17, 15) is 14.0 Å². The molecule has 1 aromatic carbocycles. The molecule has 4 rings (SSSR count). The minimum Gasteiger partial charge on any atom is -0.453 e. The van der Waals surface area contributed by atoms with E-state index in [0.717, 1.165) is 19.4 Å². The van der Waals surface area contributed by atoms with Crippen molar-refractivity contribution in [1.82, 2.24) is 25.3 Å². The lowest BCUT2D eigenvalue weighted by atomic mass is 10.1. The van der Waals surface area contributed by atoms with E-state index in [1.54, 1.807) is 10.7 Å². The van der Waals surface area contributed by atoms with E-state index in [-0.39, 0.29) is 23.8 Å². The highest BCUT2D eigenvalue weighted by atomic mass is 19.1. The summed E-state index contributed by atoms with van der Waals surface area (Å²) in [5.41, 5.74) is 1.08. The fourth-order valence-electron chi connectivity index (χ4n) is 4.24. The predicted molar refractivity (Wildman–Crippen MR) is 116 cm³/mol. The standard InChI is InChI=1S/C22H30FN5O4/c1-14(28(15-7-8-15)21(29)18-13-24-10-12-32-18)19-16-5-3-6-17(23)20(16)27(26-19)11-4-9-25-22(30)31-2/h3,5-6,14-15,18,24H,4,7-13H2,1-2H3,(H,25,30)/t14-,18-/m1/s1. The van der Waals surface area contributed by atoms with E-state index < -0.39 is 12.2 Å². The van der Waals surface area contributed by atoms with Gasteiger partial charge in [-0.1, -0.05) is 12.1 Å². The second-order valence-electron chi connectivity index (χ2n) is 8.23. The highest BCUT2D eigenvalue weighted by Gasteiger charge is 2.41. The van der Waals surface area contributed by atoms with E-state index in [0.29, 0.717) is 49.3 Å². The molecule has 1 saturated heterocycles. The lowest BCUT2D eigenvalue weighted by molar-refractivity contribution is -0.148. The molecular formula is C22H30FN5O4. The molecule has 0 spiro atoms. The molecule has 1 saturated carbocycles. The molecule has 2 heterocycles. The average Bonchev–Trinajstić information content (AvgIpc) is 3.57. The molecule has 10 heteroatoms. The van der Waals surface area contributed by atoms with Crippen LogP contribution in [-0.2, 0) is 20.8 Å². The van der Waals surface area contributed by atoms with Crippen LogP contribution in [-0.4, -0.2) is 72.2 Å². The number of rotatable bonds is 8. The monoisotopic (exact) mass is 447 g/mol. The SMILES string of the molecule is COC(=O)NCCCn1nc([C@@H](C)N(C(=O)[C@H]2CNCCO2)C2CC2)c2cccc(F)c21. The first-order valence-corrected chi connectivity index (χ1v) is 11.1. The van der Waals surface area contributed by atoms with Gasteiger partial charge < -0.3 is 25.0 Å². The number of ether oxygens (including phenoxy) is 2. The lowest BCUT2D eigenvalue weighted by Crippen LogP contribution is -2.50. The number of morpholine rings is 1.